The summed E-state index contributed by atoms with van der Waals surface area (Å²) in [6.45, 7) is 7.96. The molecule has 0 saturated carbocycles. The Hall–Kier alpha value is -2.12. The summed E-state index contributed by atoms with van der Waals surface area (Å²) in [7, 11) is 0. The average Bonchev–Trinajstić information content (AvgIpc) is 2.52. The molecule has 120 valence electrons. The molecule has 0 spiro atoms. The van der Waals surface area contributed by atoms with Crippen molar-refractivity contribution in [1.82, 2.24) is 4.98 Å². The van der Waals surface area contributed by atoms with Gasteiger partial charge in [0.1, 0.15) is 5.82 Å². The summed E-state index contributed by atoms with van der Waals surface area (Å²) >= 11 is 0. The van der Waals surface area contributed by atoms with Crippen molar-refractivity contribution in [3.63, 3.8) is 0 Å². The molecule has 3 rings (SSSR count). The van der Waals surface area contributed by atoms with Crippen LogP contribution in [0.1, 0.15) is 32.8 Å². The molecule has 4 heteroatoms. The van der Waals surface area contributed by atoms with Gasteiger partial charge in [0.2, 0.25) is 0 Å². The highest BCUT2D eigenvalue weighted by atomic mass is 16.3. The normalized spacial score (nSPS) is 22.1. The van der Waals surface area contributed by atoms with Gasteiger partial charge in [0.15, 0.2) is 0 Å². The minimum atomic E-state index is -0.373. The molecule has 2 unspecified atom stereocenters. The Kier molecular flexibility index (Phi) is 3.99. The zero-order valence-corrected chi connectivity index (χ0v) is 14.0. The second-order valence-electron chi connectivity index (χ2n) is 7.43. The number of β-amino-alcohol motifs (C(OH)–C–C–N with tert-alkyl or cyclic N) is 1. The lowest BCUT2D eigenvalue weighted by molar-refractivity contribution is 0.0292. The number of piperidine rings is 1. The van der Waals surface area contributed by atoms with E-state index < -0.39 is 0 Å². The van der Waals surface area contributed by atoms with Crippen molar-refractivity contribution in [1.29, 1.82) is 5.26 Å². The highest BCUT2D eigenvalue weighted by molar-refractivity contribution is 5.86. The fourth-order valence-corrected chi connectivity index (χ4v) is 3.57. The van der Waals surface area contributed by atoms with Gasteiger partial charge in [-0.15, -0.1) is 0 Å². The van der Waals surface area contributed by atoms with Crippen molar-refractivity contribution in [2.24, 2.45) is 11.3 Å². The summed E-state index contributed by atoms with van der Waals surface area (Å²) in [4.78, 5) is 6.79. The van der Waals surface area contributed by atoms with Crippen LogP contribution in [0.2, 0.25) is 0 Å². The average molecular weight is 309 g/mol. The van der Waals surface area contributed by atoms with Crippen molar-refractivity contribution in [2.45, 2.75) is 33.3 Å². The van der Waals surface area contributed by atoms with E-state index in [4.69, 9.17) is 4.98 Å². The molecule has 1 aromatic heterocycles. The van der Waals surface area contributed by atoms with Crippen molar-refractivity contribution in [3.8, 4) is 6.07 Å². The maximum atomic E-state index is 10.5. The Morgan fingerprint density at radius 1 is 1.30 bits per heavy atom. The van der Waals surface area contributed by atoms with Crippen LogP contribution in [0.4, 0.5) is 5.82 Å². The largest absolute Gasteiger partial charge is 0.391 e. The lowest BCUT2D eigenvalue weighted by Crippen LogP contribution is -2.48. The Morgan fingerprint density at radius 3 is 2.70 bits per heavy atom. The number of aliphatic hydroxyl groups excluding tert-OH is 1. The summed E-state index contributed by atoms with van der Waals surface area (Å²) in [5.74, 6) is 1.07. The van der Waals surface area contributed by atoms with Gasteiger partial charge < -0.3 is 10.0 Å². The third-order valence-corrected chi connectivity index (χ3v) is 4.84. The van der Waals surface area contributed by atoms with Crippen molar-refractivity contribution in [2.75, 3.05) is 18.0 Å². The molecule has 1 aromatic carbocycles. The van der Waals surface area contributed by atoms with Crippen molar-refractivity contribution < 1.29 is 5.11 Å². The number of benzene rings is 1. The summed E-state index contributed by atoms with van der Waals surface area (Å²) in [6, 6.07) is 11.8. The van der Waals surface area contributed by atoms with Gasteiger partial charge in [-0.25, -0.2) is 4.98 Å². The molecule has 4 nitrogen and oxygen atoms in total. The number of aromatic nitrogens is 1. The fraction of sp³-hybridized carbons (Fsp3) is 0.474. The van der Waals surface area contributed by atoms with Gasteiger partial charge >= 0.3 is 0 Å². The molecule has 0 bridgehead atoms. The van der Waals surface area contributed by atoms with E-state index in [1.165, 1.54) is 0 Å². The quantitative estimate of drug-likeness (QED) is 0.877. The SMILES string of the molecule is CC(C)(C)C1CCN(c2cc(C#N)c3ccccc3n2)CC1O. The first kappa shape index (κ1) is 15.8. The van der Waals surface area contributed by atoms with Gasteiger partial charge in [-0.3, -0.25) is 0 Å². The number of anilines is 1. The number of hydrogen-bond acceptors (Lipinski definition) is 4. The topological polar surface area (TPSA) is 60.2 Å². The predicted octanol–water partition coefficient (Wildman–Crippen LogP) is 3.34. The first-order valence-electron chi connectivity index (χ1n) is 8.13. The third-order valence-electron chi connectivity index (χ3n) is 4.84. The van der Waals surface area contributed by atoms with Crippen LogP contribution in [0, 0.1) is 22.7 Å². The third kappa shape index (κ3) is 3.02. The standard InChI is InChI=1S/C19H23N3O/c1-19(2,3)15-8-9-22(12-17(15)23)18-10-13(11-20)14-6-4-5-7-16(14)21-18/h4-7,10,15,17,23H,8-9,12H2,1-3H3. The summed E-state index contributed by atoms with van der Waals surface area (Å²) in [5, 5.41) is 20.8. The molecule has 0 amide bonds. The van der Waals surface area contributed by atoms with Crippen LogP contribution >= 0.6 is 0 Å². The minimum Gasteiger partial charge on any atom is -0.391 e. The number of nitrogens with zero attached hydrogens (tertiary/aromatic N) is 3. The Bertz CT molecular complexity index is 757. The van der Waals surface area contributed by atoms with Crippen LogP contribution in [0.5, 0.6) is 0 Å². The first-order chi connectivity index (χ1) is 10.9. The Balaban J connectivity index is 1.92. The fourth-order valence-electron chi connectivity index (χ4n) is 3.57. The van der Waals surface area contributed by atoms with Crippen LogP contribution in [0.3, 0.4) is 0 Å². The molecule has 1 aliphatic heterocycles. The zero-order valence-electron chi connectivity index (χ0n) is 14.0. The lowest BCUT2D eigenvalue weighted by Gasteiger charge is -2.42. The van der Waals surface area contributed by atoms with Gasteiger partial charge in [-0.1, -0.05) is 39.0 Å². The van der Waals surface area contributed by atoms with E-state index in [2.05, 4.69) is 31.7 Å². The molecule has 1 N–H and O–H groups in total. The molecular formula is C19H23N3O. The molecule has 23 heavy (non-hydrogen) atoms. The second kappa shape index (κ2) is 5.82. The van der Waals surface area contributed by atoms with E-state index in [0.29, 0.717) is 12.1 Å². The molecule has 1 fully saturated rings. The maximum Gasteiger partial charge on any atom is 0.130 e. The molecule has 1 saturated heterocycles. The molecular weight excluding hydrogens is 286 g/mol. The maximum absolute atomic E-state index is 10.5. The van der Waals surface area contributed by atoms with E-state index in [9.17, 15) is 10.4 Å². The van der Waals surface area contributed by atoms with Gasteiger partial charge in [0.25, 0.3) is 0 Å². The number of rotatable bonds is 1. The Labute approximate surface area is 137 Å². The van der Waals surface area contributed by atoms with E-state index >= 15 is 0 Å². The monoisotopic (exact) mass is 309 g/mol. The van der Waals surface area contributed by atoms with Crippen LogP contribution in [0.25, 0.3) is 10.9 Å². The summed E-state index contributed by atoms with van der Waals surface area (Å²) < 4.78 is 0. The lowest BCUT2D eigenvalue weighted by atomic mass is 9.73. The van der Waals surface area contributed by atoms with Gasteiger partial charge in [-0.05, 0) is 29.9 Å². The Morgan fingerprint density at radius 2 is 2.04 bits per heavy atom. The van der Waals surface area contributed by atoms with Crippen molar-refractivity contribution in [3.05, 3.63) is 35.9 Å². The number of pyridine rings is 1. The van der Waals surface area contributed by atoms with Crippen LogP contribution in [-0.4, -0.2) is 29.3 Å². The predicted molar refractivity (Wildman–Crippen MR) is 92.2 cm³/mol. The summed E-state index contributed by atoms with van der Waals surface area (Å²) in [5.41, 5.74) is 1.56. The molecule has 0 aliphatic carbocycles. The number of para-hydroxylation sites is 1. The van der Waals surface area contributed by atoms with Crippen LogP contribution in [0.15, 0.2) is 30.3 Å². The van der Waals surface area contributed by atoms with Gasteiger partial charge in [0, 0.05) is 18.5 Å². The number of hydrogen-bond donors (Lipinski definition) is 1. The van der Waals surface area contributed by atoms with Crippen molar-refractivity contribution >= 4 is 16.7 Å². The van der Waals surface area contributed by atoms with E-state index in [1.807, 2.05) is 30.3 Å². The summed E-state index contributed by atoms with van der Waals surface area (Å²) in [6.07, 6.45) is 0.559. The number of nitriles is 1. The highest BCUT2D eigenvalue weighted by Crippen LogP contribution is 2.36. The van der Waals surface area contributed by atoms with Crippen LogP contribution in [-0.2, 0) is 0 Å². The second-order valence-corrected chi connectivity index (χ2v) is 7.43. The van der Waals surface area contributed by atoms with Crippen LogP contribution < -0.4 is 4.90 Å². The van der Waals surface area contributed by atoms with E-state index in [0.717, 1.165) is 29.7 Å². The molecule has 2 heterocycles. The van der Waals surface area contributed by atoms with E-state index in [1.54, 1.807) is 0 Å². The van der Waals surface area contributed by atoms with Gasteiger partial charge in [-0.2, -0.15) is 5.26 Å². The van der Waals surface area contributed by atoms with E-state index in [-0.39, 0.29) is 17.4 Å². The minimum absolute atomic E-state index is 0.0974. The molecule has 1 aliphatic rings. The smallest absolute Gasteiger partial charge is 0.130 e. The zero-order chi connectivity index (χ0) is 16.6. The number of fused-ring (bicyclic) bond motifs is 1. The number of aliphatic hydroxyl groups is 1. The molecule has 2 atom stereocenters. The van der Waals surface area contributed by atoms with Gasteiger partial charge in [0.05, 0.1) is 23.3 Å². The highest BCUT2D eigenvalue weighted by Gasteiger charge is 2.36. The first-order valence-corrected chi connectivity index (χ1v) is 8.13. The molecule has 2 aromatic rings. The molecule has 0 radical (unpaired) electrons.